The van der Waals surface area contributed by atoms with Crippen molar-refractivity contribution in [1.29, 1.82) is 0 Å². The number of carbonyl (C=O) groups is 2. The van der Waals surface area contributed by atoms with Crippen LogP contribution in [0.4, 0.5) is 4.79 Å². The van der Waals surface area contributed by atoms with Crippen molar-refractivity contribution in [1.82, 2.24) is 10.2 Å². The number of rotatable bonds is 2. The summed E-state index contributed by atoms with van der Waals surface area (Å²) in [4.78, 5) is 25.4. The standard InChI is InChI=1S/C15H26N2O5/c1-5-20-12(18)11-8-21-15(9-16-11)6-7-17(10-15)13(19)22-14(2,3)4/h11,16H,5-10H2,1-4H3/t11-,15+/m0/s1. The van der Waals surface area contributed by atoms with Gasteiger partial charge in [0.15, 0.2) is 0 Å². The van der Waals surface area contributed by atoms with Gasteiger partial charge in [0.05, 0.1) is 25.4 Å². The average Bonchev–Trinajstić information content (AvgIpc) is 2.82. The Kier molecular flexibility index (Phi) is 4.97. The first-order valence-electron chi connectivity index (χ1n) is 7.77. The Bertz CT molecular complexity index is 424. The molecule has 2 saturated heterocycles. The smallest absolute Gasteiger partial charge is 0.410 e. The van der Waals surface area contributed by atoms with Crippen molar-refractivity contribution in [3.05, 3.63) is 0 Å². The summed E-state index contributed by atoms with van der Waals surface area (Å²) in [6.07, 6.45) is 0.412. The van der Waals surface area contributed by atoms with Crippen LogP contribution in [0.1, 0.15) is 34.1 Å². The predicted molar refractivity (Wildman–Crippen MR) is 79.5 cm³/mol. The number of amides is 1. The second kappa shape index (κ2) is 6.42. The molecule has 0 aromatic carbocycles. The van der Waals surface area contributed by atoms with Crippen molar-refractivity contribution in [3.63, 3.8) is 0 Å². The summed E-state index contributed by atoms with van der Waals surface area (Å²) in [5, 5.41) is 3.17. The van der Waals surface area contributed by atoms with Crippen molar-refractivity contribution >= 4 is 12.1 Å². The predicted octanol–water partition coefficient (Wildman–Crippen LogP) is 0.917. The molecule has 0 bridgehead atoms. The van der Waals surface area contributed by atoms with E-state index in [1.54, 1.807) is 11.8 Å². The van der Waals surface area contributed by atoms with E-state index in [1.807, 2.05) is 20.8 Å². The third-order valence-electron chi connectivity index (χ3n) is 3.77. The normalized spacial score (nSPS) is 28.7. The summed E-state index contributed by atoms with van der Waals surface area (Å²) in [5.41, 5.74) is -0.937. The number of nitrogens with one attached hydrogen (secondary N) is 1. The quantitative estimate of drug-likeness (QED) is 0.764. The largest absolute Gasteiger partial charge is 0.465 e. The maximum atomic E-state index is 12.1. The lowest BCUT2D eigenvalue weighted by Crippen LogP contribution is -2.58. The van der Waals surface area contributed by atoms with E-state index in [0.717, 1.165) is 6.42 Å². The minimum absolute atomic E-state index is 0.265. The highest BCUT2D eigenvalue weighted by Gasteiger charge is 2.45. The lowest BCUT2D eigenvalue weighted by Gasteiger charge is -2.37. The lowest BCUT2D eigenvalue weighted by molar-refractivity contribution is -0.154. The molecule has 7 nitrogen and oxygen atoms in total. The number of ether oxygens (including phenoxy) is 3. The number of nitrogens with zero attached hydrogens (tertiary/aromatic N) is 1. The van der Waals surface area contributed by atoms with E-state index < -0.39 is 17.2 Å². The average molecular weight is 314 g/mol. The number of hydrogen-bond acceptors (Lipinski definition) is 6. The van der Waals surface area contributed by atoms with Crippen LogP contribution in [0.15, 0.2) is 0 Å². The van der Waals surface area contributed by atoms with Crippen LogP contribution in [0.25, 0.3) is 0 Å². The van der Waals surface area contributed by atoms with Crippen LogP contribution in [-0.4, -0.2) is 67.1 Å². The zero-order valence-electron chi connectivity index (χ0n) is 13.8. The van der Waals surface area contributed by atoms with Gasteiger partial charge in [-0.3, -0.25) is 10.1 Å². The molecule has 0 radical (unpaired) electrons. The Balaban J connectivity index is 1.86. The van der Waals surface area contributed by atoms with E-state index in [4.69, 9.17) is 14.2 Å². The molecule has 2 heterocycles. The fourth-order valence-corrected chi connectivity index (χ4v) is 2.66. The van der Waals surface area contributed by atoms with E-state index >= 15 is 0 Å². The fourth-order valence-electron chi connectivity index (χ4n) is 2.66. The van der Waals surface area contributed by atoms with Gasteiger partial charge in [0.1, 0.15) is 11.6 Å². The molecule has 22 heavy (non-hydrogen) atoms. The number of carbonyl (C=O) groups excluding carboxylic acids is 2. The van der Waals surface area contributed by atoms with Crippen LogP contribution >= 0.6 is 0 Å². The first-order chi connectivity index (χ1) is 10.2. The van der Waals surface area contributed by atoms with Crippen molar-refractivity contribution in [2.24, 2.45) is 0 Å². The molecule has 1 N–H and O–H groups in total. The van der Waals surface area contributed by atoms with E-state index in [1.165, 1.54) is 0 Å². The Morgan fingerprint density at radius 3 is 2.68 bits per heavy atom. The van der Waals surface area contributed by atoms with Gasteiger partial charge in [-0.1, -0.05) is 0 Å². The highest BCUT2D eigenvalue weighted by molar-refractivity contribution is 5.76. The van der Waals surface area contributed by atoms with Gasteiger partial charge in [-0.05, 0) is 34.1 Å². The number of hydrogen-bond donors (Lipinski definition) is 1. The Morgan fingerprint density at radius 2 is 2.14 bits per heavy atom. The summed E-state index contributed by atoms with van der Waals surface area (Å²) >= 11 is 0. The van der Waals surface area contributed by atoms with E-state index in [2.05, 4.69) is 5.32 Å². The lowest BCUT2D eigenvalue weighted by atomic mass is 10.0. The van der Waals surface area contributed by atoms with E-state index in [0.29, 0.717) is 26.2 Å². The molecule has 0 saturated carbocycles. The third-order valence-corrected chi connectivity index (χ3v) is 3.77. The molecule has 2 atom stereocenters. The molecular formula is C15H26N2O5. The third kappa shape index (κ3) is 4.10. The fraction of sp³-hybridized carbons (Fsp3) is 0.867. The minimum atomic E-state index is -0.506. The topological polar surface area (TPSA) is 77.1 Å². The number of morpholine rings is 1. The van der Waals surface area contributed by atoms with Crippen LogP contribution in [0.5, 0.6) is 0 Å². The van der Waals surface area contributed by atoms with Gasteiger partial charge in [-0.25, -0.2) is 4.79 Å². The maximum Gasteiger partial charge on any atom is 0.410 e. The van der Waals surface area contributed by atoms with Gasteiger partial charge in [0.2, 0.25) is 0 Å². The molecule has 126 valence electrons. The van der Waals surface area contributed by atoms with Gasteiger partial charge in [-0.2, -0.15) is 0 Å². The van der Waals surface area contributed by atoms with Crippen LogP contribution in [-0.2, 0) is 19.0 Å². The molecule has 1 amide bonds. The zero-order chi connectivity index (χ0) is 16.4. The Morgan fingerprint density at radius 1 is 1.41 bits per heavy atom. The van der Waals surface area contributed by atoms with Crippen molar-refractivity contribution < 1.29 is 23.8 Å². The molecule has 2 aliphatic rings. The zero-order valence-corrected chi connectivity index (χ0v) is 13.8. The highest BCUT2D eigenvalue weighted by Crippen LogP contribution is 2.28. The maximum absolute atomic E-state index is 12.1. The molecule has 2 aliphatic heterocycles. The van der Waals surface area contributed by atoms with Gasteiger partial charge in [0.25, 0.3) is 0 Å². The van der Waals surface area contributed by atoms with Crippen LogP contribution in [0.2, 0.25) is 0 Å². The van der Waals surface area contributed by atoms with Gasteiger partial charge in [0, 0.05) is 13.1 Å². The van der Waals surface area contributed by atoms with Gasteiger partial charge in [-0.15, -0.1) is 0 Å². The molecule has 0 aromatic rings. The molecule has 2 fully saturated rings. The second-order valence-corrected chi connectivity index (χ2v) is 6.83. The summed E-state index contributed by atoms with van der Waals surface area (Å²) < 4.78 is 16.3. The first kappa shape index (κ1) is 17.0. The molecule has 0 unspecified atom stereocenters. The summed E-state index contributed by atoms with van der Waals surface area (Å²) in [6, 6.07) is -0.429. The molecule has 0 aliphatic carbocycles. The van der Waals surface area contributed by atoms with Gasteiger partial charge >= 0.3 is 12.1 Å². The molecular weight excluding hydrogens is 288 g/mol. The number of esters is 1. The summed E-state index contributed by atoms with van der Waals surface area (Å²) in [6.45, 7) is 9.53. The summed E-state index contributed by atoms with van der Waals surface area (Å²) in [5.74, 6) is -0.292. The van der Waals surface area contributed by atoms with Crippen LogP contribution in [0.3, 0.4) is 0 Å². The summed E-state index contributed by atoms with van der Waals surface area (Å²) in [7, 11) is 0. The van der Waals surface area contributed by atoms with Crippen molar-refractivity contribution in [3.8, 4) is 0 Å². The van der Waals surface area contributed by atoms with Gasteiger partial charge < -0.3 is 19.1 Å². The van der Waals surface area contributed by atoms with Crippen molar-refractivity contribution in [2.75, 3.05) is 32.8 Å². The molecule has 2 rings (SSSR count). The molecule has 1 spiro atoms. The SMILES string of the molecule is CCOC(=O)[C@@H]1CO[C@]2(CCN(C(=O)OC(C)(C)C)C2)CN1. The molecule has 0 aromatic heterocycles. The minimum Gasteiger partial charge on any atom is -0.465 e. The monoisotopic (exact) mass is 314 g/mol. The second-order valence-electron chi connectivity index (χ2n) is 6.83. The van der Waals surface area contributed by atoms with Crippen LogP contribution < -0.4 is 5.32 Å². The van der Waals surface area contributed by atoms with Crippen molar-refractivity contribution in [2.45, 2.75) is 51.4 Å². The molecule has 7 heteroatoms. The number of likely N-dealkylation sites (tertiary alicyclic amines) is 1. The highest BCUT2D eigenvalue weighted by atomic mass is 16.6. The first-order valence-corrected chi connectivity index (χ1v) is 7.77. The van der Waals surface area contributed by atoms with E-state index in [9.17, 15) is 9.59 Å². The van der Waals surface area contributed by atoms with Crippen LogP contribution in [0, 0.1) is 0 Å². The van der Waals surface area contributed by atoms with E-state index in [-0.39, 0.29) is 18.7 Å². The Labute approximate surface area is 131 Å². The Hall–Kier alpha value is -1.34.